The summed E-state index contributed by atoms with van der Waals surface area (Å²) in [7, 11) is 0. The first-order valence-corrected chi connectivity index (χ1v) is 14.0. The summed E-state index contributed by atoms with van der Waals surface area (Å²) in [5.41, 5.74) is 10.6. The summed E-state index contributed by atoms with van der Waals surface area (Å²) in [5.74, 6) is 1.33. The fraction of sp³-hybridized carbons (Fsp3) is 0.531. The van der Waals surface area contributed by atoms with Gasteiger partial charge in [0.2, 0.25) is 0 Å². The van der Waals surface area contributed by atoms with Crippen LogP contribution in [0.5, 0.6) is 0 Å². The third-order valence-corrected chi connectivity index (χ3v) is 7.85. The number of oxime groups is 1. The fourth-order valence-corrected chi connectivity index (χ4v) is 5.49. The second-order valence-corrected chi connectivity index (χ2v) is 10.9. The Hall–Kier alpha value is -2.79. The number of rotatable bonds is 8. The maximum absolute atomic E-state index is 12.2. The highest BCUT2D eigenvalue weighted by Gasteiger charge is 2.22. The summed E-state index contributed by atoms with van der Waals surface area (Å²) in [6.07, 6.45) is 12.7. The molecule has 200 valence electrons. The van der Waals surface area contributed by atoms with E-state index >= 15 is 0 Å². The predicted molar refractivity (Wildman–Crippen MR) is 150 cm³/mol. The van der Waals surface area contributed by atoms with Gasteiger partial charge in [-0.15, -0.1) is 0 Å². The smallest absolute Gasteiger partial charge is 0.140 e. The molecule has 0 saturated heterocycles. The molecule has 2 aliphatic carbocycles. The van der Waals surface area contributed by atoms with E-state index in [1.807, 2.05) is 49.4 Å². The number of hydrogen-bond acceptors (Lipinski definition) is 5. The Morgan fingerprint density at radius 1 is 0.838 bits per heavy atom. The fourth-order valence-electron chi connectivity index (χ4n) is 5.49. The molecule has 2 saturated carbocycles. The van der Waals surface area contributed by atoms with Gasteiger partial charge in [-0.25, -0.2) is 0 Å². The Morgan fingerprint density at radius 2 is 1.32 bits per heavy atom. The maximum atomic E-state index is 12.2. The van der Waals surface area contributed by atoms with Crippen molar-refractivity contribution in [2.45, 2.75) is 96.9 Å². The van der Waals surface area contributed by atoms with E-state index < -0.39 is 0 Å². The first-order valence-electron chi connectivity index (χ1n) is 14.0. The first-order chi connectivity index (χ1) is 17.9. The van der Waals surface area contributed by atoms with Crippen molar-refractivity contribution in [3.05, 3.63) is 70.8 Å². The molecule has 0 heterocycles. The minimum atomic E-state index is 0.0368. The van der Waals surface area contributed by atoms with Crippen LogP contribution in [0, 0.1) is 11.8 Å². The molecule has 4 rings (SSSR count). The molecule has 5 heteroatoms. The van der Waals surface area contributed by atoms with Crippen molar-refractivity contribution < 1.29 is 14.8 Å². The van der Waals surface area contributed by atoms with Crippen molar-refractivity contribution in [3.63, 3.8) is 0 Å². The lowest BCUT2D eigenvalue weighted by atomic mass is 9.84. The second-order valence-electron chi connectivity index (χ2n) is 10.9. The Labute approximate surface area is 222 Å². The van der Waals surface area contributed by atoms with Gasteiger partial charge in [-0.2, -0.15) is 0 Å². The third-order valence-electron chi connectivity index (χ3n) is 7.85. The molecular formula is C32H44N2O3. The number of ketones is 2. The molecule has 2 aromatic carbocycles. The van der Waals surface area contributed by atoms with Gasteiger partial charge < -0.3 is 10.9 Å². The summed E-state index contributed by atoms with van der Waals surface area (Å²) in [4.78, 5) is 24.5. The molecule has 0 aliphatic heterocycles. The van der Waals surface area contributed by atoms with Crippen molar-refractivity contribution in [2.75, 3.05) is 0 Å². The summed E-state index contributed by atoms with van der Waals surface area (Å²) < 4.78 is 0. The number of hydrogen-bond donors (Lipinski definition) is 2. The number of carbonyl (C=O) groups excluding carboxylic acids is 2. The Kier molecular flexibility index (Phi) is 11.5. The van der Waals surface area contributed by atoms with E-state index in [9.17, 15) is 9.59 Å². The van der Waals surface area contributed by atoms with Crippen molar-refractivity contribution in [1.29, 1.82) is 0 Å². The number of nitrogens with zero attached hydrogens (tertiary/aromatic N) is 1. The molecule has 2 fully saturated rings. The van der Waals surface area contributed by atoms with Gasteiger partial charge in [0.15, 0.2) is 0 Å². The molecule has 37 heavy (non-hydrogen) atoms. The van der Waals surface area contributed by atoms with E-state index in [-0.39, 0.29) is 12.0 Å². The number of carbonyl (C=O) groups is 2. The van der Waals surface area contributed by atoms with Crippen LogP contribution in [0.1, 0.15) is 106 Å². The van der Waals surface area contributed by atoms with Crippen LogP contribution in [0.15, 0.2) is 53.7 Å². The van der Waals surface area contributed by atoms with Gasteiger partial charge >= 0.3 is 0 Å². The van der Waals surface area contributed by atoms with Crippen LogP contribution < -0.4 is 5.73 Å². The van der Waals surface area contributed by atoms with E-state index in [0.29, 0.717) is 36.0 Å². The zero-order valence-corrected chi connectivity index (χ0v) is 22.6. The van der Waals surface area contributed by atoms with E-state index in [1.54, 1.807) is 6.92 Å². The SMILES string of the molecule is C/C(=N\O)c1cccc(CC(=O)C2CCCCC2)c1.CC(N)c1cccc(CC(=O)C2CCCCC2)c1. The maximum Gasteiger partial charge on any atom is 0.140 e. The monoisotopic (exact) mass is 504 g/mol. The Balaban J connectivity index is 0.000000206. The largest absolute Gasteiger partial charge is 0.411 e. The minimum Gasteiger partial charge on any atom is -0.411 e. The topological polar surface area (TPSA) is 92.8 Å². The highest BCUT2D eigenvalue weighted by molar-refractivity contribution is 5.98. The summed E-state index contributed by atoms with van der Waals surface area (Å²) in [5, 5.41) is 12.0. The van der Waals surface area contributed by atoms with Crippen molar-refractivity contribution >= 4 is 17.3 Å². The molecule has 2 aromatic rings. The number of nitrogens with two attached hydrogens (primary N) is 1. The lowest BCUT2D eigenvalue weighted by molar-refractivity contribution is -0.123. The molecule has 0 amide bonds. The zero-order chi connectivity index (χ0) is 26.6. The normalized spacial score (nSPS) is 18.0. The third kappa shape index (κ3) is 9.23. The highest BCUT2D eigenvalue weighted by atomic mass is 16.4. The average Bonchev–Trinajstić information content (AvgIpc) is 2.94. The molecule has 1 unspecified atom stereocenters. The van der Waals surface area contributed by atoms with Crippen molar-refractivity contribution in [3.8, 4) is 0 Å². The van der Waals surface area contributed by atoms with Crippen LogP contribution in [-0.2, 0) is 22.4 Å². The number of benzene rings is 2. The molecule has 0 radical (unpaired) electrons. The van der Waals surface area contributed by atoms with Crippen LogP contribution in [0.2, 0.25) is 0 Å². The quantitative estimate of drug-likeness (QED) is 0.230. The first kappa shape index (κ1) is 28.8. The molecular weight excluding hydrogens is 460 g/mol. The summed E-state index contributed by atoms with van der Waals surface area (Å²) >= 11 is 0. The van der Waals surface area contributed by atoms with Gasteiger partial charge in [-0.05, 0) is 67.9 Å². The van der Waals surface area contributed by atoms with Crippen LogP contribution in [0.3, 0.4) is 0 Å². The molecule has 0 aromatic heterocycles. The van der Waals surface area contributed by atoms with Crippen LogP contribution in [-0.4, -0.2) is 22.5 Å². The number of Topliss-reactive ketones (excluding diaryl/α,β-unsaturated/α-hetero) is 2. The van der Waals surface area contributed by atoms with Gasteiger partial charge in [0.1, 0.15) is 11.6 Å². The van der Waals surface area contributed by atoms with Gasteiger partial charge in [0.25, 0.3) is 0 Å². The Bertz CT molecular complexity index is 1050. The zero-order valence-electron chi connectivity index (χ0n) is 22.6. The van der Waals surface area contributed by atoms with Gasteiger partial charge in [0, 0.05) is 30.7 Å². The van der Waals surface area contributed by atoms with E-state index in [1.165, 1.54) is 38.5 Å². The molecule has 0 spiro atoms. The van der Waals surface area contributed by atoms with E-state index in [0.717, 1.165) is 47.9 Å². The van der Waals surface area contributed by atoms with Crippen molar-refractivity contribution in [2.24, 2.45) is 22.7 Å². The van der Waals surface area contributed by atoms with Crippen LogP contribution in [0.4, 0.5) is 0 Å². The van der Waals surface area contributed by atoms with Crippen LogP contribution in [0.25, 0.3) is 0 Å². The second kappa shape index (κ2) is 14.8. The molecule has 5 nitrogen and oxygen atoms in total. The van der Waals surface area contributed by atoms with Crippen molar-refractivity contribution in [1.82, 2.24) is 0 Å². The van der Waals surface area contributed by atoms with Gasteiger partial charge in [-0.3, -0.25) is 9.59 Å². The Morgan fingerprint density at radius 3 is 1.81 bits per heavy atom. The minimum absolute atomic E-state index is 0.0368. The molecule has 1 atom stereocenters. The van der Waals surface area contributed by atoms with Gasteiger partial charge in [0.05, 0.1) is 5.71 Å². The van der Waals surface area contributed by atoms with Crippen LogP contribution >= 0.6 is 0 Å². The lowest BCUT2D eigenvalue weighted by Crippen LogP contribution is -2.19. The van der Waals surface area contributed by atoms with Gasteiger partial charge in [-0.1, -0.05) is 86.1 Å². The van der Waals surface area contributed by atoms with E-state index in [2.05, 4.69) is 11.2 Å². The highest BCUT2D eigenvalue weighted by Crippen LogP contribution is 2.27. The molecule has 3 N–H and O–H groups in total. The van der Waals surface area contributed by atoms with E-state index in [4.69, 9.17) is 10.9 Å². The lowest BCUT2D eigenvalue weighted by Gasteiger charge is -2.20. The summed E-state index contributed by atoms with van der Waals surface area (Å²) in [6, 6.07) is 15.9. The molecule has 0 bridgehead atoms. The summed E-state index contributed by atoms with van der Waals surface area (Å²) in [6.45, 7) is 3.73. The standard InChI is InChI=1S/C16H21NO2.C16H23NO/c1-12(17-19)15-9-5-6-13(10-15)11-16(18)14-7-3-2-4-8-14;1-12(17)15-9-5-6-13(10-15)11-16(18)14-7-3-2-4-8-14/h5-6,9-10,14,19H,2-4,7-8,11H2,1H3;5-6,9-10,12,14H,2-4,7-8,11,17H2,1H3/b17-12+;. The molecule has 2 aliphatic rings. The average molecular weight is 505 g/mol. The predicted octanol–water partition coefficient (Wildman–Crippen LogP) is 6.97.